The normalized spacial score (nSPS) is 23.4. The van der Waals surface area contributed by atoms with Crippen molar-refractivity contribution in [2.45, 2.75) is 32.9 Å². The first-order valence-corrected chi connectivity index (χ1v) is 7.46. The lowest BCUT2D eigenvalue weighted by Crippen LogP contribution is -2.39. The van der Waals surface area contributed by atoms with Crippen molar-refractivity contribution in [2.24, 2.45) is 17.6 Å². The highest BCUT2D eigenvalue weighted by Gasteiger charge is 2.36. The Hall–Kier alpha value is -1.23. The highest BCUT2D eigenvalue weighted by Crippen LogP contribution is 2.39. The topological polar surface area (TPSA) is 29.3 Å². The van der Waals surface area contributed by atoms with Crippen molar-refractivity contribution in [1.29, 1.82) is 0 Å². The van der Waals surface area contributed by atoms with Crippen molar-refractivity contribution >= 4 is 5.69 Å². The fraction of sp³-hybridized carbons (Fsp3) is 0.625. The van der Waals surface area contributed by atoms with E-state index >= 15 is 0 Å². The SMILES string of the molecule is CC1CC(C)CN(c2ccc(CCN)cc2C(F)(F)F)C1. The number of alkyl halides is 3. The first-order valence-electron chi connectivity index (χ1n) is 7.46. The summed E-state index contributed by atoms with van der Waals surface area (Å²) in [6.07, 6.45) is -2.79. The third-order valence-corrected chi connectivity index (χ3v) is 4.01. The summed E-state index contributed by atoms with van der Waals surface area (Å²) in [6.45, 7) is 5.92. The smallest absolute Gasteiger partial charge is 0.371 e. The minimum Gasteiger partial charge on any atom is -0.371 e. The van der Waals surface area contributed by atoms with Gasteiger partial charge in [0.15, 0.2) is 0 Å². The molecule has 5 heteroatoms. The van der Waals surface area contributed by atoms with Crippen LogP contribution in [0, 0.1) is 11.8 Å². The van der Waals surface area contributed by atoms with Crippen molar-refractivity contribution in [1.82, 2.24) is 0 Å². The quantitative estimate of drug-likeness (QED) is 0.922. The van der Waals surface area contributed by atoms with Gasteiger partial charge in [-0.2, -0.15) is 13.2 Å². The summed E-state index contributed by atoms with van der Waals surface area (Å²) >= 11 is 0. The van der Waals surface area contributed by atoms with E-state index in [9.17, 15) is 13.2 Å². The molecular formula is C16H23F3N2. The third-order valence-electron chi connectivity index (χ3n) is 4.01. The van der Waals surface area contributed by atoms with Gasteiger partial charge in [-0.25, -0.2) is 0 Å². The Balaban J connectivity index is 2.37. The van der Waals surface area contributed by atoms with E-state index in [0.29, 0.717) is 49.1 Å². The Morgan fingerprint density at radius 2 is 1.81 bits per heavy atom. The van der Waals surface area contributed by atoms with Crippen LogP contribution in [0.15, 0.2) is 18.2 Å². The van der Waals surface area contributed by atoms with E-state index in [1.165, 1.54) is 6.07 Å². The number of anilines is 1. The zero-order valence-corrected chi connectivity index (χ0v) is 12.6. The zero-order chi connectivity index (χ0) is 15.6. The number of hydrogen-bond donors (Lipinski definition) is 1. The molecular weight excluding hydrogens is 277 g/mol. The van der Waals surface area contributed by atoms with Crippen LogP contribution in [0.5, 0.6) is 0 Å². The number of nitrogens with zero attached hydrogens (tertiary/aromatic N) is 1. The maximum atomic E-state index is 13.4. The van der Waals surface area contributed by atoms with Crippen LogP contribution >= 0.6 is 0 Å². The van der Waals surface area contributed by atoms with Gasteiger partial charge >= 0.3 is 6.18 Å². The molecule has 2 nitrogen and oxygen atoms in total. The number of benzene rings is 1. The van der Waals surface area contributed by atoms with Gasteiger partial charge in [0.05, 0.1) is 5.56 Å². The molecule has 1 heterocycles. The predicted molar refractivity (Wildman–Crippen MR) is 79.4 cm³/mol. The second kappa shape index (κ2) is 6.26. The number of piperidine rings is 1. The molecule has 0 saturated carbocycles. The van der Waals surface area contributed by atoms with Gasteiger partial charge < -0.3 is 10.6 Å². The van der Waals surface area contributed by atoms with Crippen LogP contribution in [0.2, 0.25) is 0 Å². The summed E-state index contributed by atoms with van der Waals surface area (Å²) in [5, 5.41) is 0. The number of hydrogen-bond acceptors (Lipinski definition) is 2. The monoisotopic (exact) mass is 300 g/mol. The van der Waals surface area contributed by atoms with E-state index in [1.54, 1.807) is 12.1 Å². The Labute approximate surface area is 124 Å². The van der Waals surface area contributed by atoms with Crippen LogP contribution in [-0.4, -0.2) is 19.6 Å². The minimum atomic E-state index is -4.33. The fourth-order valence-corrected chi connectivity index (χ4v) is 3.27. The van der Waals surface area contributed by atoms with E-state index in [4.69, 9.17) is 5.73 Å². The largest absolute Gasteiger partial charge is 0.418 e. The van der Waals surface area contributed by atoms with E-state index in [1.807, 2.05) is 4.90 Å². The van der Waals surface area contributed by atoms with E-state index in [0.717, 1.165) is 6.42 Å². The highest BCUT2D eigenvalue weighted by atomic mass is 19.4. The van der Waals surface area contributed by atoms with Gasteiger partial charge in [0.1, 0.15) is 0 Å². The molecule has 1 aromatic rings. The van der Waals surface area contributed by atoms with E-state index in [2.05, 4.69) is 13.8 Å². The van der Waals surface area contributed by atoms with Crippen LogP contribution in [0.4, 0.5) is 18.9 Å². The summed E-state index contributed by atoms with van der Waals surface area (Å²) in [4.78, 5) is 1.88. The molecule has 0 bridgehead atoms. The molecule has 0 aromatic heterocycles. The van der Waals surface area contributed by atoms with Crippen LogP contribution < -0.4 is 10.6 Å². The molecule has 2 unspecified atom stereocenters. The van der Waals surface area contributed by atoms with Gasteiger partial charge in [0, 0.05) is 18.8 Å². The highest BCUT2D eigenvalue weighted by molar-refractivity contribution is 5.57. The van der Waals surface area contributed by atoms with Crippen LogP contribution in [0.3, 0.4) is 0 Å². The molecule has 118 valence electrons. The number of rotatable bonds is 3. The first-order chi connectivity index (χ1) is 9.81. The predicted octanol–water partition coefficient (Wildman–Crippen LogP) is 3.69. The molecule has 1 aromatic carbocycles. The van der Waals surface area contributed by atoms with Crippen LogP contribution in [-0.2, 0) is 12.6 Å². The molecule has 1 aliphatic heterocycles. The van der Waals surface area contributed by atoms with Gasteiger partial charge in [0.25, 0.3) is 0 Å². The molecule has 1 saturated heterocycles. The van der Waals surface area contributed by atoms with Crippen molar-refractivity contribution in [3.63, 3.8) is 0 Å². The van der Waals surface area contributed by atoms with Gasteiger partial charge in [-0.05, 0) is 48.9 Å². The Morgan fingerprint density at radius 3 is 2.33 bits per heavy atom. The van der Waals surface area contributed by atoms with Crippen molar-refractivity contribution in [3.05, 3.63) is 29.3 Å². The molecule has 0 amide bonds. The molecule has 21 heavy (non-hydrogen) atoms. The third kappa shape index (κ3) is 3.90. The van der Waals surface area contributed by atoms with Crippen molar-refractivity contribution in [2.75, 3.05) is 24.5 Å². The maximum Gasteiger partial charge on any atom is 0.418 e. The second-order valence-corrected chi connectivity index (χ2v) is 6.24. The Bertz CT molecular complexity index is 475. The average molecular weight is 300 g/mol. The summed E-state index contributed by atoms with van der Waals surface area (Å²) in [7, 11) is 0. The van der Waals surface area contributed by atoms with E-state index < -0.39 is 11.7 Å². The lowest BCUT2D eigenvalue weighted by atomic mass is 9.91. The van der Waals surface area contributed by atoms with Gasteiger partial charge in [-0.3, -0.25) is 0 Å². The maximum absolute atomic E-state index is 13.4. The van der Waals surface area contributed by atoms with E-state index in [-0.39, 0.29) is 0 Å². The lowest BCUT2D eigenvalue weighted by Gasteiger charge is -2.38. The summed E-state index contributed by atoms with van der Waals surface area (Å²) < 4.78 is 40.1. The van der Waals surface area contributed by atoms with Gasteiger partial charge in [-0.1, -0.05) is 19.9 Å². The van der Waals surface area contributed by atoms with Gasteiger partial charge in [-0.15, -0.1) is 0 Å². The summed E-state index contributed by atoms with van der Waals surface area (Å²) in [6, 6.07) is 4.63. The molecule has 1 aliphatic rings. The van der Waals surface area contributed by atoms with Gasteiger partial charge in [0.2, 0.25) is 0 Å². The molecule has 0 radical (unpaired) electrons. The van der Waals surface area contributed by atoms with Crippen molar-refractivity contribution in [3.8, 4) is 0 Å². The lowest BCUT2D eigenvalue weighted by molar-refractivity contribution is -0.137. The number of halogens is 3. The molecule has 2 N–H and O–H groups in total. The standard InChI is InChI=1S/C16H23F3N2/c1-11-7-12(2)10-21(9-11)15-4-3-13(5-6-20)8-14(15)16(17,18)19/h3-4,8,11-12H,5-7,9-10,20H2,1-2H3. The summed E-state index contributed by atoms with van der Waals surface area (Å²) in [5.74, 6) is 0.831. The molecule has 1 fully saturated rings. The molecule has 2 rings (SSSR count). The molecule has 0 aliphatic carbocycles. The Kier molecular flexibility index (Phi) is 4.81. The van der Waals surface area contributed by atoms with Crippen LogP contribution in [0.1, 0.15) is 31.4 Å². The Morgan fingerprint density at radius 1 is 1.19 bits per heavy atom. The molecule has 0 spiro atoms. The first kappa shape index (κ1) is 16.1. The fourth-order valence-electron chi connectivity index (χ4n) is 3.27. The van der Waals surface area contributed by atoms with Crippen molar-refractivity contribution < 1.29 is 13.2 Å². The second-order valence-electron chi connectivity index (χ2n) is 6.24. The zero-order valence-electron chi connectivity index (χ0n) is 12.6. The molecule has 2 atom stereocenters. The average Bonchev–Trinajstić information content (AvgIpc) is 2.37. The minimum absolute atomic E-state index is 0.307. The number of nitrogens with two attached hydrogens (primary N) is 1. The summed E-state index contributed by atoms with van der Waals surface area (Å²) in [5.41, 5.74) is 5.86. The van der Waals surface area contributed by atoms with Crippen LogP contribution in [0.25, 0.3) is 0 Å².